The number of nitrogens with zero attached hydrogens (tertiary/aromatic N) is 3. The number of amides is 1. The molecule has 6 nitrogen and oxygen atoms in total. The van der Waals surface area contributed by atoms with E-state index in [-0.39, 0.29) is 5.56 Å². The fourth-order valence-corrected chi connectivity index (χ4v) is 2.49. The highest BCUT2D eigenvalue weighted by molar-refractivity contribution is 6.04. The van der Waals surface area contributed by atoms with Gasteiger partial charge in [0.2, 0.25) is 5.82 Å². The van der Waals surface area contributed by atoms with Gasteiger partial charge in [-0.25, -0.2) is 4.39 Å². The molecular formula is C20H13FN4O2. The minimum absolute atomic E-state index is 0.0131. The van der Waals surface area contributed by atoms with Crippen molar-refractivity contribution in [3.05, 3.63) is 84.4 Å². The van der Waals surface area contributed by atoms with E-state index in [0.29, 0.717) is 17.4 Å². The largest absolute Gasteiger partial charge is 0.334 e. The SMILES string of the molecule is O=C(Nc1ccc(-c2noc(-c3cccnc3)n2)cc1)c1ccccc1F. The molecule has 0 saturated heterocycles. The summed E-state index contributed by atoms with van der Waals surface area (Å²) in [6, 6.07) is 16.3. The molecule has 0 spiro atoms. The molecule has 4 rings (SSSR count). The third-order valence-corrected chi connectivity index (χ3v) is 3.85. The molecule has 27 heavy (non-hydrogen) atoms. The third kappa shape index (κ3) is 3.57. The van der Waals surface area contributed by atoms with Crippen LogP contribution in [0.4, 0.5) is 10.1 Å². The molecule has 7 heteroatoms. The maximum Gasteiger partial charge on any atom is 0.259 e. The van der Waals surface area contributed by atoms with Crippen molar-refractivity contribution in [2.45, 2.75) is 0 Å². The molecule has 0 atom stereocenters. The van der Waals surface area contributed by atoms with Gasteiger partial charge in [0.15, 0.2) is 0 Å². The fourth-order valence-electron chi connectivity index (χ4n) is 2.49. The predicted molar refractivity (Wildman–Crippen MR) is 97.3 cm³/mol. The van der Waals surface area contributed by atoms with Crippen molar-refractivity contribution in [1.82, 2.24) is 15.1 Å². The number of pyridine rings is 1. The van der Waals surface area contributed by atoms with Gasteiger partial charge >= 0.3 is 0 Å². The number of hydrogen-bond donors (Lipinski definition) is 1. The molecule has 2 aromatic carbocycles. The van der Waals surface area contributed by atoms with E-state index in [1.54, 1.807) is 48.8 Å². The number of carbonyl (C=O) groups is 1. The van der Waals surface area contributed by atoms with Crippen molar-refractivity contribution >= 4 is 11.6 Å². The molecule has 1 N–H and O–H groups in total. The number of nitrogens with one attached hydrogen (secondary N) is 1. The summed E-state index contributed by atoms with van der Waals surface area (Å²) in [5.41, 5.74) is 1.96. The number of rotatable bonds is 4. The van der Waals surface area contributed by atoms with Crippen molar-refractivity contribution < 1.29 is 13.7 Å². The van der Waals surface area contributed by atoms with Crippen LogP contribution in [0, 0.1) is 5.82 Å². The lowest BCUT2D eigenvalue weighted by atomic mass is 10.1. The Hall–Kier alpha value is -3.87. The maximum absolute atomic E-state index is 13.7. The van der Waals surface area contributed by atoms with Crippen LogP contribution < -0.4 is 5.32 Å². The topological polar surface area (TPSA) is 80.9 Å². The van der Waals surface area contributed by atoms with Crippen LogP contribution in [0.1, 0.15) is 10.4 Å². The Labute approximate surface area is 153 Å². The average Bonchev–Trinajstić information content (AvgIpc) is 3.20. The second-order valence-electron chi connectivity index (χ2n) is 5.68. The van der Waals surface area contributed by atoms with Gasteiger partial charge < -0.3 is 9.84 Å². The van der Waals surface area contributed by atoms with E-state index >= 15 is 0 Å². The van der Waals surface area contributed by atoms with E-state index in [0.717, 1.165) is 11.1 Å². The van der Waals surface area contributed by atoms with E-state index in [4.69, 9.17) is 4.52 Å². The lowest BCUT2D eigenvalue weighted by Crippen LogP contribution is -2.13. The number of aromatic nitrogens is 3. The summed E-state index contributed by atoms with van der Waals surface area (Å²) >= 11 is 0. The Morgan fingerprint density at radius 1 is 0.963 bits per heavy atom. The normalized spacial score (nSPS) is 10.6. The van der Waals surface area contributed by atoms with Crippen LogP contribution in [0.15, 0.2) is 77.6 Å². The zero-order chi connectivity index (χ0) is 18.6. The van der Waals surface area contributed by atoms with E-state index in [1.165, 1.54) is 18.2 Å². The first-order chi connectivity index (χ1) is 13.2. The second kappa shape index (κ2) is 7.17. The predicted octanol–water partition coefficient (Wildman–Crippen LogP) is 4.19. The third-order valence-electron chi connectivity index (χ3n) is 3.85. The van der Waals surface area contributed by atoms with Crippen molar-refractivity contribution in [2.75, 3.05) is 5.32 Å². The molecule has 2 heterocycles. The van der Waals surface area contributed by atoms with E-state index in [2.05, 4.69) is 20.4 Å². The molecule has 0 radical (unpaired) electrons. The molecule has 0 unspecified atom stereocenters. The summed E-state index contributed by atoms with van der Waals surface area (Å²) in [5, 5.41) is 6.62. The van der Waals surface area contributed by atoms with Gasteiger partial charge in [0.25, 0.3) is 11.8 Å². The Balaban J connectivity index is 1.50. The summed E-state index contributed by atoms with van der Waals surface area (Å²) in [4.78, 5) is 20.5. The van der Waals surface area contributed by atoms with Crippen molar-refractivity contribution in [3.8, 4) is 22.8 Å². The van der Waals surface area contributed by atoms with Crippen LogP contribution in [0.3, 0.4) is 0 Å². The summed E-state index contributed by atoms with van der Waals surface area (Å²) in [7, 11) is 0. The molecule has 0 bridgehead atoms. The van der Waals surface area contributed by atoms with Crippen LogP contribution in [0.2, 0.25) is 0 Å². The minimum atomic E-state index is -0.568. The van der Waals surface area contributed by atoms with E-state index < -0.39 is 11.7 Å². The van der Waals surface area contributed by atoms with Gasteiger partial charge in [0.05, 0.1) is 11.1 Å². The molecular weight excluding hydrogens is 347 g/mol. The molecule has 132 valence electrons. The second-order valence-corrected chi connectivity index (χ2v) is 5.68. The average molecular weight is 360 g/mol. The van der Waals surface area contributed by atoms with E-state index in [9.17, 15) is 9.18 Å². The standard InChI is InChI=1S/C20H13FN4O2/c21-17-6-2-1-5-16(17)19(26)23-15-9-7-13(8-10-15)18-24-20(27-25-18)14-4-3-11-22-12-14/h1-12H,(H,23,26). The van der Waals surface area contributed by atoms with Gasteiger partial charge in [0.1, 0.15) is 5.82 Å². The van der Waals surface area contributed by atoms with Gasteiger partial charge in [-0.1, -0.05) is 17.3 Å². The molecule has 0 fully saturated rings. The monoisotopic (exact) mass is 360 g/mol. The van der Waals surface area contributed by atoms with Crippen LogP contribution >= 0.6 is 0 Å². The molecule has 1 amide bonds. The zero-order valence-electron chi connectivity index (χ0n) is 14.0. The first-order valence-electron chi connectivity index (χ1n) is 8.11. The Bertz CT molecular complexity index is 1080. The summed E-state index contributed by atoms with van der Waals surface area (Å²) in [6.07, 6.45) is 3.30. The zero-order valence-corrected chi connectivity index (χ0v) is 14.0. The van der Waals surface area contributed by atoms with Crippen molar-refractivity contribution in [3.63, 3.8) is 0 Å². The first kappa shape index (κ1) is 16.6. The molecule has 2 aromatic heterocycles. The highest BCUT2D eigenvalue weighted by atomic mass is 19.1. The smallest absolute Gasteiger partial charge is 0.259 e. The number of hydrogen-bond acceptors (Lipinski definition) is 5. The lowest BCUT2D eigenvalue weighted by Gasteiger charge is -2.06. The Kier molecular flexibility index (Phi) is 4.40. The first-order valence-corrected chi connectivity index (χ1v) is 8.11. The Morgan fingerprint density at radius 3 is 2.52 bits per heavy atom. The number of halogens is 1. The van der Waals surface area contributed by atoms with Crippen molar-refractivity contribution in [2.24, 2.45) is 0 Å². The maximum atomic E-state index is 13.7. The highest BCUT2D eigenvalue weighted by Crippen LogP contribution is 2.23. The van der Waals surface area contributed by atoms with Gasteiger partial charge in [0, 0.05) is 23.6 Å². The van der Waals surface area contributed by atoms with Crippen molar-refractivity contribution in [1.29, 1.82) is 0 Å². The summed E-state index contributed by atoms with van der Waals surface area (Å²) in [6.45, 7) is 0. The van der Waals surface area contributed by atoms with Gasteiger partial charge in [-0.05, 0) is 48.5 Å². The summed E-state index contributed by atoms with van der Waals surface area (Å²) < 4.78 is 18.9. The number of carbonyl (C=O) groups excluding carboxylic acids is 1. The lowest BCUT2D eigenvalue weighted by molar-refractivity contribution is 0.102. The van der Waals surface area contributed by atoms with Gasteiger partial charge in [-0.3, -0.25) is 9.78 Å². The molecule has 0 aliphatic heterocycles. The molecule has 0 aliphatic rings. The van der Waals surface area contributed by atoms with Crippen LogP contribution in [0.5, 0.6) is 0 Å². The Morgan fingerprint density at radius 2 is 1.78 bits per heavy atom. The fraction of sp³-hybridized carbons (Fsp3) is 0. The highest BCUT2D eigenvalue weighted by Gasteiger charge is 2.13. The quantitative estimate of drug-likeness (QED) is 0.590. The van der Waals surface area contributed by atoms with Gasteiger partial charge in [-0.2, -0.15) is 4.98 Å². The molecule has 0 saturated carbocycles. The molecule has 4 aromatic rings. The van der Waals surface area contributed by atoms with Crippen LogP contribution in [-0.2, 0) is 0 Å². The molecule has 0 aliphatic carbocycles. The van der Waals surface area contributed by atoms with Crippen LogP contribution in [-0.4, -0.2) is 21.0 Å². The van der Waals surface area contributed by atoms with E-state index in [1.807, 2.05) is 6.07 Å². The minimum Gasteiger partial charge on any atom is -0.334 e. The number of benzene rings is 2. The summed E-state index contributed by atoms with van der Waals surface area (Å²) in [5.74, 6) is -0.295. The number of anilines is 1. The van der Waals surface area contributed by atoms with Crippen LogP contribution in [0.25, 0.3) is 22.8 Å². The van der Waals surface area contributed by atoms with Gasteiger partial charge in [-0.15, -0.1) is 0 Å².